The molecule has 4 heteroatoms. The van der Waals surface area contributed by atoms with Crippen molar-refractivity contribution in [3.05, 3.63) is 0 Å². The van der Waals surface area contributed by atoms with Gasteiger partial charge in [0.15, 0.2) is 18.2 Å². The number of Topliss-reactive ketones (excluding diaryl/α,β-unsaturated/α-hetero) is 1. The van der Waals surface area contributed by atoms with Crippen LogP contribution in [0.3, 0.4) is 0 Å². The first kappa shape index (κ1) is 9.26. The molecule has 0 aromatic rings. The van der Waals surface area contributed by atoms with E-state index in [0.29, 0.717) is 13.0 Å². The molecule has 0 amide bonds. The van der Waals surface area contributed by atoms with E-state index in [0.717, 1.165) is 0 Å². The quantitative estimate of drug-likeness (QED) is 0.378. The average Bonchev–Trinajstić information content (AvgIpc) is 1.98. The molecule has 0 radical (unpaired) electrons. The highest BCUT2D eigenvalue weighted by Crippen LogP contribution is 1.91. The largest absolute Gasteiger partial charge is 0.378 e. The number of carbonyl (C=O) groups is 2. The number of ketones is 1. The number of hydrogen-bond acceptors (Lipinski definition) is 4. The maximum atomic E-state index is 10.6. The Labute approximate surface area is 59.0 Å². The highest BCUT2D eigenvalue weighted by Gasteiger charge is 2.11. The molecule has 0 fully saturated rings. The zero-order chi connectivity index (χ0) is 7.98. The van der Waals surface area contributed by atoms with Gasteiger partial charge in [-0.1, -0.05) is 0 Å². The minimum atomic E-state index is -1.45. The van der Waals surface area contributed by atoms with Gasteiger partial charge < -0.3 is 10.8 Å². The van der Waals surface area contributed by atoms with Crippen LogP contribution in [0.1, 0.15) is 12.8 Å². The summed E-state index contributed by atoms with van der Waals surface area (Å²) in [7, 11) is 0. The summed E-state index contributed by atoms with van der Waals surface area (Å²) in [4.78, 5) is 20.4. The lowest BCUT2D eigenvalue weighted by atomic mass is 10.1. The molecule has 0 aliphatic carbocycles. The van der Waals surface area contributed by atoms with Crippen LogP contribution in [0, 0.1) is 0 Å². The Morgan fingerprint density at radius 3 is 2.70 bits per heavy atom. The van der Waals surface area contributed by atoms with Crippen LogP contribution in [0.5, 0.6) is 0 Å². The third-order valence-electron chi connectivity index (χ3n) is 1.09. The molecule has 1 unspecified atom stereocenters. The van der Waals surface area contributed by atoms with Crippen LogP contribution in [0.25, 0.3) is 0 Å². The Balaban J connectivity index is 3.51. The van der Waals surface area contributed by atoms with Crippen LogP contribution < -0.4 is 5.73 Å². The van der Waals surface area contributed by atoms with Gasteiger partial charge in [0.05, 0.1) is 0 Å². The zero-order valence-electron chi connectivity index (χ0n) is 5.62. The van der Waals surface area contributed by atoms with Gasteiger partial charge in [0, 0.05) is 6.42 Å². The Morgan fingerprint density at radius 2 is 2.30 bits per heavy atom. The molecule has 0 aliphatic rings. The second-order valence-electron chi connectivity index (χ2n) is 1.94. The lowest BCUT2D eigenvalue weighted by Gasteiger charge is -1.98. The SMILES string of the molecule is NCCCC(=O)C(O)C=O. The van der Waals surface area contributed by atoms with Crippen molar-refractivity contribution in [2.75, 3.05) is 6.54 Å². The predicted octanol–water partition coefficient (Wildman–Crippen LogP) is -1.15. The van der Waals surface area contributed by atoms with E-state index in [4.69, 9.17) is 10.8 Å². The van der Waals surface area contributed by atoms with Gasteiger partial charge in [0.2, 0.25) is 0 Å². The molecule has 1 atom stereocenters. The van der Waals surface area contributed by atoms with Gasteiger partial charge >= 0.3 is 0 Å². The summed E-state index contributed by atoms with van der Waals surface area (Å²) in [5.74, 6) is -0.458. The second kappa shape index (κ2) is 5.08. The van der Waals surface area contributed by atoms with Crippen LogP contribution in [-0.4, -0.2) is 29.8 Å². The van der Waals surface area contributed by atoms with E-state index in [1.165, 1.54) is 0 Å². The monoisotopic (exact) mass is 145 g/mol. The van der Waals surface area contributed by atoms with Crippen molar-refractivity contribution >= 4 is 12.1 Å². The summed E-state index contributed by atoms with van der Waals surface area (Å²) < 4.78 is 0. The van der Waals surface area contributed by atoms with E-state index in [9.17, 15) is 9.59 Å². The van der Waals surface area contributed by atoms with Crippen molar-refractivity contribution in [3.63, 3.8) is 0 Å². The van der Waals surface area contributed by atoms with Crippen molar-refractivity contribution in [2.24, 2.45) is 5.73 Å². The lowest BCUT2D eigenvalue weighted by molar-refractivity contribution is -0.132. The summed E-state index contributed by atoms with van der Waals surface area (Å²) >= 11 is 0. The van der Waals surface area contributed by atoms with Crippen LogP contribution >= 0.6 is 0 Å². The molecular formula is C6H11NO3. The summed E-state index contributed by atoms with van der Waals surface area (Å²) in [6, 6.07) is 0. The Hall–Kier alpha value is -0.740. The smallest absolute Gasteiger partial charge is 0.168 e. The Morgan fingerprint density at radius 1 is 1.70 bits per heavy atom. The molecule has 0 bridgehead atoms. The van der Waals surface area contributed by atoms with Gasteiger partial charge in [0.1, 0.15) is 0 Å². The first-order valence-corrected chi connectivity index (χ1v) is 3.08. The zero-order valence-corrected chi connectivity index (χ0v) is 5.62. The fraction of sp³-hybridized carbons (Fsp3) is 0.667. The number of aliphatic hydroxyl groups is 1. The number of hydrogen-bond donors (Lipinski definition) is 2. The molecule has 0 heterocycles. The van der Waals surface area contributed by atoms with Gasteiger partial charge in [-0.3, -0.25) is 9.59 Å². The second-order valence-corrected chi connectivity index (χ2v) is 1.94. The summed E-state index contributed by atoms with van der Waals surface area (Å²) in [5, 5.41) is 8.59. The molecule has 0 spiro atoms. The fourth-order valence-electron chi connectivity index (χ4n) is 0.500. The third-order valence-corrected chi connectivity index (χ3v) is 1.09. The summed E-state index contributed by atoms with van der Waals surface area (Å²) in [5.41, 5.74) is 5.10. The molecule has 0 aromatic heterocycles. The van der Waals surface area contributed by atoms with E-state index in [2.05, 4.69) is 0 Å². The summed E-state index contributed by atoms with van der Waals surface area (Å²) in [6.07, 6.45) is -0.537. The van der Waals surface area contributed by atoms with Crippen molar-refractivity contribution in [2.45, 2.75) is 18.9 Å². The number of rotatable bonds is 5. The van der Waals surface area contributed by atoms with Crippen LogP contribution in [0.4, 0.5) is 0 Å². The minimum absolute atomic E-state index is 0.177. The topological polar surface area (TPSA) is 80.4 Å². The molecule has 0 saturated heterocycles. The number of nitrogens with two attached hydrogens (primary N) is 1. The molecule has 0 saturated carbocycles. The summed E-state index contributed by atoms with van der Waals surface area (Å²) in [6.45, 7) is 0.400. The van der Waals surface area contributed by atoms with Crippen LogP contribution in [-0.2, 0) is 9.59 Å². The highest BCUT2D eigenvalue weighted by atomic mass is 16.3. The maximum absolute atomic E-state index is 10.6. The van der Waals surface area contributed by atoms with Gasteiger partial charge in [-0.25, -0.2) is 0 Å². The number of aldehydes is 1. The van der Waals surface area contributed by atoms with E-state index in [1.807, 2.05) is 0 Å². The van der Waals surface area contributed by atoms with Crippen molar-refractivity contribution in [1.29, 1.82) is 0 Å². The molecule has 0 aliphatic heterocycles. The van der Waals surface area contributed by atoms with Gasteiger partial charge in [-0.05, 0) is 13.0 Å². The molecule has 3 N–H and O–H groups in total. The Kier molecular flexibility index (Phi) is 4.70. The van der Waals surface area contributed by atoms with Crippen molar-refractivity contribution in [3.8, 4) is 0 Å². The van der Waals surface area contributed by atoms with E-state index < -0.39 is 11.9 Å². The van der Waals surface area contributed by atoms with E-state index in [1.54, 1.807) is 0 Å². The predicted molar refractivity (Wildman–Crippen MR) is 35.4 cm³/mol. The van der Waals surface area contributed by atoms with E-state index in [-0.39, 0.29) is 12.7 Å². The van der Waals surface area contributed by atoms with Crippen molar-refractivity contribution < 1.29 is 14.7 Å². The molecule has 10 heavy (non-hydrogen) atoms. The van der Waals surface area contributed by atoms with Gasteiger partial charge in [-0.15, -0.1) is 0 Å². The molecule has 4 nitrogen and oxygen atoms in total. The standard InChI is InChI=1S/C6H11NO3/c7-3-1-2-5(9)6(10)4-8/h4,6,10H,1-3,7H2. The highest BCUT2D eigenvalue weighted by molar-refractivity contribution is 5.95. The number of carbonyl (C=O) groups excluding carboxylic acids is 2. The first-order chi connectivity index (χ1) is 4.72. The normalized spacial score (nSPS) is 12.6. The van der Waals surface area contributed by atoms with E-state index >= 15 is 0 Å². The fourth-order valence-corrected chi connectivity index (χ4v) is 0.500. The van der Waals surface area contributed by atoms with Crippen LogP contribution in [0.15, 0.2) is 0 Å². The minimum Gasteiger partial charge on any atom is -0.378 e. The third kappa shape index (κ3) is 3.32. The lowest BCUT2D eigenvalue weighted by Crippen LogP contribution is -2.22. The Bertz CT molecular complexity index is 124. The van der Waals surface area contributed by atoms with Crippen LogP contribution in [0.2, 0.25) is 0 Å². The first-order valence-electron chi connectivity index (χ1n) is 3.08. The number of aliphatic hydroxyl groups excluding tert-OH is 1. The molecule has 0 rings (SSSR count). The average molecular weight is 145 g/mol. The molecule has 58 valence electrons. The molecule has 0 aromatic carbocycles. The van der Waals surface area contributed by atoms with Crippen molar-refractivity contribution in [1.82, 2.24) is 0 Å². The van der Waals surface area contributed by atoms with Gasteiger partial charge in [0.25, 0.3) is 0 Å². The maximum Gasteiger partial charge on any atom is 0.168 e. The van der Waals surface area contributed by atoms with Gasteiger partial charge in [-0.2, -0.15) is 0 Å². The molecular weight excluding hydrogens is 134 g/mol.